The highest BCUT2D eigenvalue weighted by Gasteiger charge is 2.40. The van der Waals surface area contributed by atoms with Crippen LogP contribution >= 0.6 is 11.6 Å². The van der Waals surface area contributed by atoms with Crippen molar-refractivity contribution in [3.63, 3.8) is 0 Å². The Morgan fingerprint density at radius 1 is 1.28 bits per heavy atom. The molecule has 2 aromatic carbocycles. The van der Waals surface area contributed by atoms with Gasteiger partial charge >= 0.3 is 0 Å². The highest BCUT2D eigenvalue weighted by Crippen LogP contribution is 2.32. The number of halogens is 2. The zero-order valence-electron chi connectivity index (χ0n) is 19.6. The molecule has 8 heteroatoms. The number of nitrogens with zero attached hydrogens (tertiary/aromatic N) is 1. The molecule has 4 unspecified atom stereocenters. The molecular weight excluding hydrogens is 481 g/mol. The minimum Gasteiger partial charge on any atom is -0.356 e. The van der Waals surface area contributed by atoms with Crippen molar-refractivity contribution in [3.05, 3.63) is 76.6 Å². The molecular formula is C28H27ClFN3O3. The third-order valence-electron chi connectivity index (χ3n) is 6.73. The van der Waals surface area contributed by atoms with Gasteiger partial charge in [-0.1, -0.05) is 53.9 Å². The van der Waals surface area contributed by atoms with E-state index in [1.54, 1.807) is 0 Å². The van der Waals surface area contributed by atoms with Gasteiger partial charge in [-0.15, -0.1) is 6.42 Å². The van der Waals surface area contributed by atoms with Crippen LogP contribution in [-0.4, -0.2) is 47.8 Å². The quantitative estimate of drug-likeness (QED) is 0.444. The largest absolute Gasteiger partial charge is 0.356 e. The number of likely N-dealkylation sites (tertiary alicyclic amines) is 1. The molecule has 186 valence electrons. The number of carbonyl (C=O) groups excluding carboxylic acids is 3. The lowest BCUT2D eigenvalue weighted by atomic mass is 9.95. The summed E-state index contributed by atoms with van der Waals surface area (Å²) in [6.45, 7) is 0.930. The summed E-state index contributed by atoms with van der Waals surface area (Å²) in [7, 11) is 0. The van der Waals surface area contributed by atoms with Crippen LogP contribution in [0.2, 0.25) is 5.02 Å². The standard InChI is InChI=1S/C28H27ClFN3O3/c1-2-23(14-20-12-13-31-27(20)35)32-28(36)25-15-21(18-6-4-3-5-7-18)17-33(25)26(34)11-9-19-8-10-22(29)16-24(19)30/h1,3-11,16,20-21,23,25H,12-15,17H2,(H,31,35)(H,32,36)/b11-9+. The van der Waals surface area contributed by atoms with E-state index in [4.69, 9.17) is 18.0 Å². The fourth-order valence-electron chi connectivity index (χ4n) is 4.78. The van der Waals surface area contributed by atoms with Crippen LogP contribution in [0.3, 0.4) is 0 Å². The minimum atomic E-state index is -0.754. The number of terminal acetylenes is 1. The first-order valence-corrected chi connectivity index (χ1v) is 12.3. The molecule has 3 amide bonds. The van der Waals surface area contributed by atoms with Crippen LogP contribution in [0.5, 0.6) is 0 Å². The molecule has 2 aromatic rings. The molecule has 2 aliphatic heterocycles. The van der Waals surface area contributed by atoms with Crippen LogP contribution in [0.1, 0.15) is 36.3 Å². The second-order valence-corrected chi connectivity index (χ2v) is 9.53. The van der Waals surface area contributed by atoms with Gasteiger partial charge in [-0.3, -0.25) is 14.4 Å². The molecule has 0 aliphatic carbocycles. The summed E-state index contributed by atoms with van der Waals surface area (Å²) in [6, 6.07) is 12.5. The minimum absolute atomic E-state index is 0.0449. The van der Waals surface area contributed by atoms with E-state index < -0.39 is 23.8 Å². The number of hydrogen-bond acceptors (Lipinski definition) is 3. The van der Waals surface area contributed by atoms with Gasteiger partial charge in [0.1, 0.15) is 11.9 Å². The van der Waals surface area contributed by atoms with Crippen molar-refractivity contribution in [3.8, 4) is 12.3 Å². The molecule has 2 aliphatic rings. The van der Waals surface area contributed by atoms with Crippen LogP contribution in [-0.2, 0) is 14.4 Å². The summed E-state index contributed by atoms with van der Waals surface area (Å²) in [4.78, 5) is 40.0. The summed E-state index contributed by atoms with van der Waals surface area (Å²) >= 11 is 5.81. The van der Waals surface area contributed by atoms with Gasteiger partial charge in [0.2, 0.25) is 17.7 Å². The van der Waals surface area contributed by atoms with Crippen LogP contribution in [0.15, 0.2) is 54.6 Å². The summed E-state index contributed by atoms with van der Waals surface area (Å²) < 4.78 is 14.2. The third-order valence-corrected chi connectivity index (χ3v) is 6.96. The Bertz CT molecular complexity index is 1210. The molecule has 0 saturated carbocycles. The highest BCUT2D eigenvalue weighted by molar-refractivity contribution is 6.30. The second kappa shape index (κ2) is 11.4. The normalized spacial score (nSPS) is 22.3. The van der Waals surface area contributed by atoms with Crippen LogP contribution in [0.25, 0.3) is 6.08 Å². The summed E-state index contributed by atoms with van der Waals surface area (Å²) in [6.07, 6.45) is 9.73. The molecule has 2 saturated heterocycles. The maximum atomic E-state index is 14.2. The molecule has 0 radical (unpaired) electrons. The van der Waals surface area contributed by atoms with Crippen molar-refractivity contribution in [1.29, 1.82) is 0 Å². The average Bonchev–Trinajstić information content (AvgIpc) is 3.50. The molecule has 2 fully saturated rings. The number of hydrogen-bond donors (Lipinski definition) is 2. The van der Waals surface area contributed by atoms with Crippen molar-refractivity contribution >= 4 is 35.4 Å². The number of benzene rings is 2. The van der Waals surface area contributed by atoms with E-state index in [1.165, 1.54) is 35.3 Å². The SMILES string of the molecule is C#CC(CC1CCNC1=O)NC(=O)C1CC(c2ccccc2)CN1C(=O)/C=C/c1ccc(Cl)cc1F. The maximum Gasteiger partial charge on any atom is 0.247 e. The van der Waals surface area contributed by atoms with E-state index >= 15 is 0 Å². The van der Waals surface area contributed by atoms with Crippen molar-refractivity contribution < 1.29 is 18.8 Å². The van der Waals surface area contributed by atoms with E-state index in [2.05, 4.69) is 16.6 Å². The Hall–Kier alpha value is -3.63. The highest BCUT2D eigenvalue weighted by atomic mass is 35.5. The van der Waals surface area contributed by atoms with Gasteiger partial charge in [0.25, 0.3) is 0 Å². The van der Waals surface area contributed by atoms with Crippen molar-refractivity contribution in [2.24, 2.45) is 5.92 Å². The van der Waals surface area contributed by atoms with Crippen LogP contribution in [0, 0.1) is 24.1 Å². The van der Waals surface area contributed by atoms with Crippen LogP contribution < -0.4 is 10.6 Å². The van der Waals surface area contributed by atoms with E-state index in [9.17, 15) is 18.8 Å². The fourth-order valence-corrected chi connectivity index (χ4v) is 4.94. The molecule has 0 spiro atoms. The molecule has 2 heterocycles. The zero-order valence-corrected chi connectivity index (χ0v) is 20.4. The number of nitrogens with one attached hydrogen (secondary N) is 2. The lowest BCUT2D eigenvalue weighted by molar-refractivity contribution is -0.135. The molecule has 6 nitrogen and oxygen atoms in total. The Kier molecular flexibility index (Phi) is 8.07. The first-order valence-electron chi connectivity index (χ1n) is 11.9. The molecule has 4 atom stereocenters. The smallest absolute Gasteiger partial charge is 0.247 e. The van der Waals surface area contributed by atoms with E-state index in [0.717, 1.165) is 5.56 Å². The van der Waals surface area contributed by atoms with Gasteiger partial charge in [0.15, 0.2) is 0 Å². The van der Waals surface area contributed by atoms with Gasteiger partial charge in [-0.25, -0.2) is 4.39 Å². The first-order chi connectivity index (χ1) is 17.4. The summed E-state index contributed by atoms with van der Waals surface area (Å²) in [5.41, 5.74) is 1.24. The molecule has 36 heavy (non-hydrogen) atoms. The average molecular weight is 508 g/mol. The summed E-state index contributed by atoms with van der Waals surface area (Å²) in [5, 5.41) is 5.89. The topological polar surface area (TPSA) is 78.5 Å². The predicted molar refractivity (Wildman–Crippen MR) is 136 cm³/mol. The van der Waals surface area contributed by atoms with Crippen molar-refractivity contribution in [2.75, 3.05) is 13.1 Å². The number of carbonyl (C=O) groups is 3. The Morgan fingerprint density at radius 2 is 2.06 bits per heavy atom. The molecule has 0 bridgehead atoms. The molecule has 0 aromatic heterocycles. The third kappa shape index (κ3) is 5.95. The second-order valence-electron chi connectivity index (χ2n) is 9.09. The number of amides is 3. The van der Waals surface area contributed by atoms with E-state index in [0.29, 0.717) is 32.4 Å². The lowest BCUT2D eigenvalue weighted by Crippen LogP contribution is -2.48. The van der Waals surface area contributed by atoms with Crippen molar-refractivity contribution in [2.45, 2.75) is 37.3 Å². The zero-order chi connectivity index (χ0) is 25.7. The van der Waals surface area contributed by atoms with E-state index in [1.807, 2.05) is 30.3 Å². The Morgan fingerprint density at radius 3 is 2.72 bits per heavy atom. The fraction of sp³-hybridized carbons (Fsp3) is 0.321. The maximum absolute atomic E-state index is 14.2. The first kappa shape index (κ1) is 25.5. The lowest BCUT2D eigenvalue weighted by Gasteiger charge is -2.25. The van der Waals surface area contributed by atoms with Gasteiger partial charge in [-0.2, -0.15) is 0 Å². The predicted octanol–water partition coefficient (Wildman–Crippen LogP) is 3.52. The van der Waals surface area contributed by atoms with Gasteiger partial charge in [0.05, 0.1) is 6.04 Å². The summed E-state index contributed by atoms with van der Waals surface area (Å²) in [5.74, 6) is 0.892. The Labute approximate surface area is 214 Å². The van der Waals surface area contributed by atoms with Gasteiger partial charge in [-0.05, 0) is 43.0 Å². The van der Waals surface area contributed by atoms with Crippen molar-refractivity contribution in [1.82, 2.24) is 15.5 Å². The van der Waals surface area contributed by atoms with Crippen LogP contribution in [0.4, 0.5) is 4.39 Å². The Balaban J connectivity index is 1.51. The van der Waals surface area contributed by atoms with Gasteiger partial charge in [0, 0.05) is 41.6 Å². The molecule has 4 rings (SSSR count). The number of rotatable bonds is 7. The molecule has 2 N–H and O–H groups in total. The van der Waals surface area contributed by atoms with E-state index in [-0.39, 0.29) is 34.2 Å². The monoisotopic (exact) mass is 507 g/mol. The van der Waals surface area contributed by atoms with Gasteiger partial charge < -0.3 is 15.5 Å².